The third-order valence-corrected chi connectivity index (χ3v) is 7.02. The van der Waals surface area contributed by atoms with Crippen molar-refractivity contribution in [1.82, 2.24) is 4.98 Å². The Morgan fingerprint density at radius 1 is 0.562 bits per heavy atom. The number of nitrogens with zero attached hydrogens (tertiary/aromatic N) is 1. The number of para-hydroxylation sites is 1. The molecule has 0 atom stereocenters. The van der Waals surface area contributed by atoms with Gasteiger partial charge in [-0.15, -0.1) is 11.3 Å². The van der Waals surface area contributed by atoms with Crippen molar-refractivity contribution in [2.24, 2.45) is 0 Å². The predicted molar refractivity (Wildman–Crippen MR) is 135 cm³/mol. The summed E-state index contributed by atoms with van der Waals surface area (Å²) in [6, 6.07) is 36.9. The summed E-state index contributed by atoms with van der Waals surface area (Å²) >= 11 is 1.84. The molecule has 6 rings (SSSR count). The fourth-order valence-electron chi connectivity index (χ4n) is 4.26. The van der Waals surface area contributed by atoms with Crippen LogP contribution in [0.1, 0.15) is 0 Å². The van der Waals surface area contributed by atoms with E-state index in [4.69, 9.17) is 4.98 Å². The number of aromatic hydroxyl groups is 1. The molecule has 3 heteroatoms. The lowest BCUT2D eigenvalue weighted by atomic mass is 9.99. The maximum Gasteiger partial charge on any atom is 0.124 e. The highest BCUT2D eigenvalue weighted by atomic mass is 32.1. The number of benzene rings is 4. The summed E-state index contributed by atoms with van der Waals surface area (Å²) in [5.41, 5.74) is 5.85. The Hall–Kier alpha value is -3.95. The molecule has 0 aliphatic rings. The molecule has 1 N–H and O–H groups in total. The highest BCUT2D eigenvalue weighted by Gasteiger charge is 2.12. The van der Waals surface area contributed by atoms with Gasteiger partial charge < -0.3 is 5.11 Å². The van der Waals surface area contributed by atoms with Crippen molar-refractivity contribution in [2.45, 2.75) is 0 Å². The first-order valence-electron chi connectivity index (χ1n) is 10.5. The van der Waals surface area contributed by atoms with Crippen LogP contribution in [-0.4, -0.2) is 10.1 Å². The van der Waals surface area contributed by atoms with Crippen molar-refractivity contribution >= 4 is 31.5 Å². The molecule has 152 valence electrons. The highest BCUT2D eigenvalue weighted by Crippen LogP contribution is 2.40. The van der Waals surface area contributed by atoms with Crippen LogP contribution in [0.15, 0.2) is 109 Å². The molecule has 0 radical (unpaired) electrons. The molecule has 0 aliphatic carbocycles. The first kappa shape index (κ1) is 18.8. The second kappa shape index (κ2) is 7.63. The highest BCUT2D eigenvalue weighted by molar-refractivity contribution is 7.26. The predicted octanol–water partition coefficient (Wildman–Crippen LogP) is 8.16. The smallest absolute Gasteiger partial charge is 0.124 e. The Morgan fingerprint density at radius 3 is 2.19 bits per heavy atom. The van der Waals surface area contributed by atoms with Gasteiger partial charge in [-0.25, -0.2) is 4.98 Å². The SMILES string of the molecule is Oc1ccccc1-c1cccc(-c2cccc(-c3cccc4c3sc3ccccc34)c2)n1. The van der Waals surface area contributed by atoms with Gasteiger partial charge in [-0.1, -0.05) is 72.8 Å². The minimum Gasteiger partial charge on any atom is -0.507 e. The van der Waals surface area contributed by atoms with E-state index >= 15 is 0 Å². The summed E-state index contributed by atoms with van der Waals surface area (Å²) in [5, 5.41) is 12.8. The quantitative estimate of drug-likeness (QED) is 0.308. The fraction of sp³-hybridized carbons (Fsp3) is 0. The van der Waals surface area contributed by atoms with Crippen LogP contribution in [0.5, 0.6) is 5.75 Å². The van der Waals surface area contributed by atoms with Crippen molar-refractivity contribution in [3.05, 3.63) is 109 Å². The molecule has 0 bridgehead atoms. The number of phenols is 1. The van der Waals surface area contributed by atoms with Gasteiger partial charge in [0.2, 0.25) is 0 Å². The zero-order valence-electron chi connectivity index (χ0n) is 17.2. The van der Waals surface area contributed by atoms with Gasteiger partial charge in [-0.2, -0.15) is 0 Å². The molecule has 6 aromatic rings. The van der Waals surface area contributed by atoms with Gasteiger partial charge in [-0.3, -0.25) is 0 Å². The number of thiophene rings is 1. The van der Waals surface area contributed by atoms with Crippen LogP contribution < -0.4 is 0 Å². The number of pyridine rings is 1. The van der Waals surface area contributed by atoms with Crippen molar-refractivity contribution in [2.75, 3.05) is 0 Å². The minimum atomic E-state index is 0.238. The zero-order chi connectivity index (χ0) is 21.5. The van der Waals surface area contributed by atoms with Crippen LogP contribution in [0.25, 0.3) is 53.8 Å². The standard InChI is InChI=1S/C29H19NOS/c31-27-16-3-1-11-24(27)26-15-7-14-25(30-26)20-9-5-8-19(18-20)21-12-6-13-23-22-10-2-4-17-28(22)32-29(21)23/h1-18,31H. The normalized spacial score (nSPS) is 11.2. The molecule has 2 aromatic heterocycles. The van der Waals surface area contributed by atoms with Crippen LogP contribution in [0, 0.1) is 0 Å². The van der Waals surface area contributed by atoms with Crippen LogP contribution in [-0.2, 0) is 0 Å². The van der Waals surface area contributed by atoms with Gasteiger partial charge >= 0.3 is 0 Å². The lowest BCUT2D eigenvalue weighted by Crippen LogP contribution is -1.89. The van der Waals surface area contributed by atoms with Gasteiger partial charge in [0.25, 0.3) is 0 Å². The second-order valence-electron chi connectivity index (χ2n) is 7.79. The number of phenolic OH excluding ortho intramolecular Hbond substituents is 1. The summed E-state index contributed by atoms with van der Waals surface area (Å²) in [4.78, 5) is 4.85. The van der Waals surface area contributed by atoms with E-state index in [-0.39, 0.29) is 5.75 Å². The van der Waals surface area contributed by atoms with Gasteiger partial charge in [0.05, 0.1) is 11.4 Å². The van der Waals surface area contributed by atoms with Crippen LogP contribution in [0.3, 0.4) is 0 Å². The molecule has 0 unspecified atom stereocenters. The molecular formula is C29H19NOS. The molecule has 0 saturated heterocycles. The third kappa shape index (κ3) is 3.15. The number of hydrogen-bond donors (Lipinski definition) is 1. The maximum atomic E-state index is 10.2. The monoisotopic (exact) mass is 429 g/mol. The van der Waals surface area contributed by atoms with Gasteiger partial charge in [0, 0.05) is 31.3 Å². The van der Waals surface area contributed by atoms with Crippen LogP contribution in [0.2, 0.25) is 0 Å². The summed E-state index contributed by atoms with van der Waals surface area (Å²) in [7, 11) is 0. The van der Waals surface area contributed by atoms with Gasteiger partial charge in [0.1, 0.15) is 5.75 Å². The van der Waals surface area contributed by atoms with E-state index < -0.39 is 0 Å². The lowest BCUT2D eigenvalue weighted by Gasteiger charge is -2.09. The van der Waals surface area contributed by atoms with E-state index in [1.54, 1.807) is 6.07 Å². The Balaban J connectivity index is 1.48. The van der Waals surface area contributed by atoms with Crippen LogP contribution >= 0.6 is 11.3 Å². The summed E-state index contributed by atoms with van der Waals surface area (Å²) in [6.45, 7) is 0. The molecule has 32 heavy (non-hydrogen) atoms. The Bertz CT molecular complexity index is 1600. The van der Waals surface area contributed by atoms with E-state index in [0.717, 1.165) is 22.5 Å². The van der Waals surface area contributed by atoms with Gasteiger partial charge in [-0.05, 0) is 47.5 Å². The molecular weight excluding hydrogens is 410 g/mol. The zero-order valence-corrected chi connectivity index (χ0v) is 18.0. The maximum absolute atomic E-state index is 10.2. The lowest BCUT2D eigenvalue weighted by molar-refractivity contribution is 0.477. The number of fused-ring (bicyclic) bond motifs is 3. The van der Waals surface area contributed by atoms with Crippen molar-refractivity contribution in [3.63, 3.8) is 0 Å². The first-order valence-corrected chi connectivity index (χ1v) is 11.4. The van der Waals surface area contributed by atoms with Crippen molar-refractivity contribution in [1.29, 1.82) is 0 Å². The Morgan fingerprint density at radius 2 is 1.25 bits per heavy atom. The third-order valence-electron chi connectivity index (χ3n) is 5.80. The van der Waals surface area contributed by atoms with E-state index in [0.29, 0.717) is 0 Å². The Labute approximate surface area is 190 Å². The molecule has 0 amide bonds. The Kier molecular flexibility index (Phi) is 4.48. The molecule has 0 aliphatic heterocycles. The van der Waals surface area contributed by atoms with Crippen molar-refractivity contribution < 1.29 is 5.11 Å². The fourth-order valence-corrected chi connectivity index (χ4v) is 5.49. The van der Waals surface area contributed by atoms with E-state index in [1.165, 1.54) is 31.3 Å². The van der Waals surface area contributed by atoms with E-state index in [1.807, 2.05) is 47.7 Å². The molecule has 0 fully saturated rings. The molecule has 0 spiro atoms. The number of hydrogen-bond acceptors (Lipinski definition) is 3. The average Bonchev–Trinajstić information content (AvgIpc) is 3.23. The van der Waals surface area contributed by atoms with E-state index in [9.17, 15) is 5.11 Å². The minimum absolute atomic E-state index is 0.238. The molecule has 0 saturated carbocycles. The summed E-state index contributed by atoms with van der Waals surface area (Å²) in [6.07, 6.45) is 0. The average molecular weight is 430 g/mol. The summed E-state index contributed by atoms with van der Waals surface area (Å²) in [5.74, 6) is 0.238. The van der Waals surface area contributed by atoms with Gasteiger partial charge in [0.15, 0.2) is 0 Å². The topological polar surface area (TPSA) is 33.1 Å². The molecule has 2 heterocycles. The molecule has 2 nitrogen and oxygen atoms in total. The largest absolute Gasteiger partial charge is 0.507 e. The van der Waals surface area contributed by atoms with Crippen molar-refractivity contribution in [3.8, 4) is 39.4 Å². The van der Waals surface area contributed by atoms with E-state index in [2.05, 4.69) is 66.7 Å². The summed E-state index contributed by atoms with van der Waals surface area (Å²) < 4.78 is 2.62. The second-order valence-corrected chi connectivity index (χ2v) is 8.84. The van der Waals surface area contributed by atoms with Crippen LogP contribution in [0.4, 0.5) is 0 Å². The first-order chi connectivity index (χ1) is 15.8. The number of rotatable bonds is 3. The molecule has 4 aromatic carbocycles. The number of aromatic nitrogens is 1.